The molecule has 6 aromatic rings. The van der Waals surface area contributed by atoms with E-state index >= 15 is 0 Å². The van der Waals surface area contributed by atoms with E-state index in [9.17, 15) is 14.4 Å². The van der Waals surface area contributed by atoms with Gasteiger partial charge in [-0.25, -0.2) is 14.8 Å². The van der Waals surface area contributed by atoms with Gasteiger partial charge in [-0.2, -0.15) is 0 Å². The second-order valence-electron chi connectivity index (χ2n) is 16.3. The second-order valence-corrected chi connectivity index (χ2v) is 16.3. The van der Waals surface area contributed by atoms with Crippen molar-refractivity contribution in [2.75, 3.05) is 13.7 Å². The van der Waals surface area contributed by atoms with Crippen molar-refractivity contribution in [1.82, 2.24) is 35.1 Å². The van der Waals surface area contributed by atoms with Gasteiger partial charge in [0.1, 0.15) is 17.7 Å². The number of ether oxygens (including phenoxy) is 1. The number of aromatic nitrogens is 4. The number of alkyl carbamates (subject to hydrolysis) is 1. The molecule has 0 unspecified atom stereocenters. The zero-order valence-electron chi connectivity index (χ0n) is 31.6. The number of benzene rings is 4. The molecule has 11 nitrogen and oxygen atoms in total. The number of likely N-dealkylation sites (tertiary alicyclic amines) is 2. The summed E-state index contributed by atoms with van der Waals surface area (Å²) in [4.78, 5) is 60.5. The highest BCUT2D eigenvalue weighted by Gasteiger charge is 2.56. The zero-order chi connectivity index (χ0) is 38.2. The summed E-state index contributed by atoms with van der Waals surface area (Å²) in [6.07, 6.45) is 3.39. The van der Waals surface area contributed by atoms with Crippen LogP contribution in [0.15, 0.2) is 78.9 Å². The van der Waals surface area contributed by atoms with Crippen molar-refractivity contribution in [3.05, 3.63) is 107 Å². The predicted octanol–water partition coefficient (Wildman–Crippen LogP) is 7.05. The van der Waals surface area contributed by atoms with Crippen LogP contribution in [0.4, 0.5) is 4.79 Å². The molecule has 56 heavy (non-hydrogen) atoms. The SMILES string of the molecule is COC(=O)N[C@H](C(=O)N1[C@@H]2C[C@@H]2C[C@H]1c1nc2ccc(C#Cc3ccc4c(ccc5nc([C@@H]6C[C@H]7C[C@H]7N6CC(=O)c6ccccc6)[nH]c54)c3)cc2[nH]1)C(C)C. The van der Waals surface area contributed by atoms with Crippen molar-refractivity contribution < 1.29 is 19.1 Å². The molecule has 2 aliphatic carbocycles. The predicted molar refractivity (Wildman–Crippen MR) is 213 cm³/mol. The number of imidazole rings is 2. The van der Waals surface area contributed by atoms with E-state index in [1.807, 2.05) is 73.3 Å². The van der Waals surface area contributed by atoms with E-state index in [0.29, 0.717) is 24.4 Å². The van der Waals surface area contributed by atoms with Gasteiger partial charge >= 0.3 is 6.09 Å². The maximum Gasteiger partial charge on any atom is 0.407 e. The van der Waals surface area contributed by atoms with Crippen LogP contribution >= 0.6 is 0 Å². The van der Waals surface area contributed by atoms with Gasteiger partial charge in [0.05, 0.1) is 47.8 Å². The summed E-state index contributed by atoms with van der Waals surface area (Å²) in [6, 6.07) is 25.8. The highest BCUT2D eigenvalue weighted by atomic mass is 16.5. The van der Waals surface area contributed by atoms with E-state index in [2.05, 4.69) is 56.3 Å². The maximum atomic E-state index is 13.8. The molecule has 4 aliphatic rings. The molecule has 11 heteroatoms. The number of hydrogen-bond donors (Lipinski definition) is 3. The first-order valence-corrected chi connectivity index (χ1v) is 19.7. The van der Waals surface area contributed by atoms with Crippen LogP contribution in [0.2, 0.25) is 0 Å². The van der Waals surface area contributed by atoms with Crippen molar-refractivity contribution in [2.24, 2.45) is 17.8 Å². The van der Waals surface area contributed by atoms with Gasteiger partial charge in [-0.3, -0.25) is 14.5 Å². The second kappa shape index (κ2) is 13.3. The van der Waals surface area contributed by atoms with Gasteiger partial charge in [-0.1, -0.05) is 68.2 Å². The quantitative estimate of drug-likeness (QED) is 0.112. The minimum atomic E-state index is -0.676. The number of fused-ring (bicyclic) bond motifs is 6. The number of amides is 2. The smallest absolute Gasteiger partial charge is 0.407 e. The van der Waals surface area contributed by atoms with Crippen molar-refractivity contribution in [2.45, 2.75) is 69.7 Å². The summed E-state index contributed by atoms with van der Waals surface area (Å²) in [7, 11) is 1.31. The summed E-state index contributed by atoms with van der Waals surface area (Å²) >= 11 is 0. The first kappa shape index (κ1) is 34.5. The highest BCUT2D eigenvalue weighted by Crippen LogP contribution is 2.54. The summed E-state index contributed by atoms with van der Waals surface area (Å²) in [5.41, 5.74) is 6.14. The number of carbonyl (C=O) groups is 3. The molecule has 4 aromatic carbocycles. The molecule has 2 aromatic heterocycles. The lowest BCUT2D eigenvalue weighted by atomic mass is 10.0. The number of ketones is 1. The van der Waals surface area contributed by atoms with Crippen LogP contribution in [0.5, 0.6) is 0 Å². The van der Waals surface area contributed by atoms with Crippen LogP contribution in [0.1, 0.15) is 84.7 Å². The Bertz CT molecular complexity index is 2620. The third kappa shape index (κ3) is 6.09. The molecule has 2 amide bonds. The van der Waals surface area contributed by atoms with Crippen LogP contribution < -0.4 is 5.32 Å². The Kier molecular flexibility index (Phi) is 8.22. The van der Waals surface area contributed by atoms with Gasteiger partial charge in [-0.05, 0) is 85.2 Å². The Morgan fingerprint density at radius 3 is 2.32 bits per heavy atom. The summed E-state index contributed by atoms with van der Waals surface area (Å²) < 4.78 is 4.81. The largest absolute Gasteiger partial charge is 0.453 e. The van der Waals surface area contributed by atoms with Crippen LogP contribution in [-0.2, 0) is 9.53 Å². The minimum Gasteiger partial charge on any atom is -0.453 e. The summed E-state index contributed by atoms with van der Waals surface area (Å²) in [5.74, 6) is 9.42. The monoisotopic (exact) mass is 745 g/mol. The fraction of sp³-hybridized carbons (Fsp3) is 0.356. The molecule has 2 aliphatic heterocycles. The molecule has 0 bridgehead atoms. The Balaban J connectivity index is 0.870. The van der Waals surface area contributed by atoms with E-state index in [1.165, 1.54) is 7.11 Å². The number of Topliss-reactive ketones (excluding diaryl/α,β-unsaturated/α-hetero) is 1. The lowest BCUT2D eigenvalue weighted by Crippen LogP contribution is -2.52. The highest BCUT2D eigenvalue weighted by molar-refractivity contribution is 6.04. The molecule has 0 radical (unpaired) electrons. The summed E-state index contributed by atoms with van der Waals surface area (Å²) in [6.45, 7) is 4.25. The first-order chi connectivity index (χ1) is 27.2. The van der Waals surface area contributed by atoms with Crippen molar-refractivity contribution in [3.63, 3.8) is 0 Å². The molecule has 3 N–H and O–H groups in total. The van der Waals surface area contributed by atoms with E-state index in [0.717, 1.165) is 86.9 Å². The van der Waals surface area contributed by atoms with Gasteiger partial charge in [0.15, 0.2) is 5.78 Å². The topological polar surface area (TPSA) is 136 Å². The molecule has 4 heterocycles. The fourth-order valence-corrected chi connectivity index (χ4v) is 9.27. The zero-order valence-corrected chi connectivity index (χ0v) is 31.6. The van der Waals surface area contributed by atoms with Gasteiger partial charge in [0.25, 0.3) is 0 Å². The van der Waals surface area contributed by atoms with Gasteiger partial charge in [-0.15, -0.1) is 0 Å². The number of H-pyrrole nitrogens is 2. The normalized spacial score (nSPS) is 24.2. The van der Waals surface area contributed by atoms with Gasteiger partial charge in [0.2, 0.25) is 5.91 Å². The average molecular weight is 746 g/mol. The van der Waals surface area contributed by atoms with E-state index in [-0.39, 0.29) is 35.7 Å². The lowest BCUT2D eigenvalue weighted by Gasteiger charge is -2.31. The third-order valence-electron chi connectivity index (χ3n) is 12.4. The molecule has 7 atom stereocenters. The molecule has 4 fully saturated rings. The van der Waals surface area contributed by atoms with Crippen molar-refractivity contribution in [1.29, 1.82) is 0 Å². The Hall–Kier alpha value is -5.99. The van der Waals surface area contributed by atoms with Crippen LogP contribution in [-0.4, -0.2) is 79.3 Å². The molecule has 282 valence electrons. The molecule has 10 rings (SSSR count). The molecule has 2 saturated heterocycles. The number of carbonyl (C=O) groups excluding carboxylic acids is 3. The number of methoxy groups -OCH3 is 1. The Morgan fingerprint density at radius 2 is 1.52 bits per heavy atom. The molecule has 0 spiro atoms. The number of nitrogens with zero attached hydrogens (tertiary/aromatic N) is 4. The first-order valence-electron chi connectivity index (χ1n) is 19.7. The maximum absolute atomic E-state index is 13.8. The fourth-order valence-electron chi connectivity index (χ4n) is 9.27. The number of aromatic amines is 2. The number of rotatable bonds is 8. The van der Waals surface area contributed by atoms with E-state index in [1.54, 1.807) is 0 Å². The van der Waals surface area contributed by atoms with Crippen LogP contribution in [0, 0.1) is 29.6 Å². The lowest BCUT2D eigenvalue weighted by molar-refractivity contribution is -0.136. The number of nitrogens with one attached hydrogen (secondary N) is 3. The van der Waals surface area contributed by atoms with Crippen molar-refractivity contribution >= 4 is 50.6 Å². The van der Waals surface area contributed by atoms with Gasteiger partial charge < -0.3 is 24.9 Å². The van der Waals surface area contributed by atoms with Crippen molar-refractivity contribution in [3.8, 4) is 11.8 Å². The Labute approximate surface area is 324 Å². The molecular weight excluding hydrogens is 703 g/mol. The van der Waals surface area contributed by atoms with Crippen LogP contribution in [0.3, 0.4) is 0 Å². The third-order valence-corrected chi connectivity index (χ3v) is 12.4. The standard InChI is InChI=1S/C45H43N7O4/c1-24(2)40(50-45(55)56-3)44(54)52-36-20-30(36)22-38(52)43-46-32-15-12-26(18-34(32)48-43)10-9-25-11-14-31-28(17-25)13-16-33-41(31)49-42(47-33)37-21-29-19-35(29)51(37)23-39(53)27-7-5-4-6-8-27/h4-8,11-18,24,29-30,35-38,40H,19-23H2,1-3H3,(H,46,48)(H,47,49)(H,50,55)/t29-,30-,35-,36-,37+,38+,40+/m1/s1. The average Bonchev–Trinajstić information content (AvgIpc) is 3.89. The van der Waals surface area contributed by atoms with Crippen LogP contribution in [0.25, 0.3) is 32.8 Å². The van der Waals surface area contributed by atoms with E-state index < -0.39 is 12.1 Å². The Morgan fingerprint density at radius 1 is 0.821 bits per heavy atom. The molecular formula is C45H43N7O4. The van der Waals surface area contributed by atoms with Gasteiger partial charge in [0, 0.05) is 34.2 Å². The molecule has 2 saturated carbocycles. The number of hydrogen-bond acceptors (Lipinski definition) is 7. The van der Waals surface area contributed by atoms with E-state index in [4.69, 9.17) is 14.7 Å². The number of piperidine rings is 2. The summed E-state index contributed by atoms with van der Waals surface area (Å²) in [5, 5.41) is 4.91. The minimum absolute atomic E-state index is 0.0955.